The highest BCUT2D eigenvalue weighted by Crippen LogP contribution is 2.33. The monoisotopic (exact) mass is 387 g/mol. The normalized spacial score (nSPS) is 21.9. The highest BCUT2D eigenvalue weighted by atomic mass is 35.5. The van der Waals surface area contributed by atoms with Crippen molar-refractivity contribution in [3.63, 3.8) is 0 Å². The summed E-state index contributed by atoms with van der Waals surface area (Å²) < 4.78 is 13.4. The molecule has 0 aliphatic carbocycles. The second kappa shape index (κ2) is 7.37. The van der Waals surface area contributed by atoms with Crippen LogP contribution in [-0.2, 0) is 9.59 Å². The molecule has 0 unspecified atom stereocenters. The summed E-state index contributed by atoms with van der Waals surface area (Å²) in [6.07, 6.45) is 5.61. The molecule has 140 valence electrons. The third-order valence-electron chi connectivity index (χ3n) is 5.43. The first-order chi connectivity index (χ1) is 13.0. The number of amides is 2. The molecule has 0 bridgehead atoms. The van der Waals surface area contributed by atoms with E-state index in [-0.39, 0.29) is 23.3 Å². The van der Waals surface area contributed by atoms with Crippen LogP contribution in [0.2, 0.25) is 5.02 Å². The molecule has 27 heavy (non-hydrogen) atoms. The summed E-state index contributed by atoms with van der Waals surface area (Å²) in [5, 5.41) is -0.102. The predicted molar refractivity (Wildman–Crippen MR) is 100 cm³/mol. The van der Waals surface area contributed by atoms with Crippen molar-refractivity contribution in [1.29, 1.82) is 0 Å². The van der Waals surface area contributed by atoms with Gasteiger partial charge < -0.3 is 0 Å². The molecule has 2 fully saturated rings. The van der Waals surface area contributed by atoms with Gasteiger partial charge in [0.05, 0.1) is 23.2 Å². The summed E-state index contributed by atoms with van der Waals surface area (Å²) in [4.78, 5) is 32.6. The first kappa shape index (κ1) is 18.1. The van der Waals surface area contributed by atoms with Crippen molar-refractivity contribution in [3.8, 4) is 0 Å². The van der Waals surface area contributed by atoms with E-state index in [1.807, 2.05) is 12.1 Å². The standard InChI is InChI=1S/C20H19ClFN3O2/c21-16-11-15(1-2-17(16)22)25-19(26)12-18(20(25)27)24-9-5-14(6-10-24)13-3-7-23-8-4-13/h1-4,7-8,11,14,18H,5-6,9-10,12H2/t18-/m0/s1. The molecule has 5 nitrogen and oxygen atoms in total. The van der Waals surface area contributed by atoms with E-state index in [1.54, 1.807) is 12.4 Å². The average molecular weight is 388 g/mol. The summed E-state index contributed by atoms with van der Waals surface area (Å²) >= 11 is 5.81. The Bertz CT molecular complexity index is 869. The Morgan fingerprint density at radius 2 is 1.78 bits per heavy atom. The summed E-state index contributed by atoms with van der Waals surface area (Å²) in [6.45, 7) is 1.52. The number of rotatable bonds is 3. The predicted octanol–water partition coefficient (Wildman–Crippen LogP) is 3.39. The van der Waals surface area contributed by atoms with Crippen molar-refractivity contribution < 1.29 is 14.0 Å². The molecule has 2 saturated heterocycles. The van der Waals surface area contributed by atoms with Crippen LogP contribution in [0.4, 0.5) is 10.1 Å². The second-order valence-electron chi connectivity index (χ2n) is 6.98. The Kier molecular flexibility index (Phi) is 4.93. The highest BCUT2D eigenvalue weighted by Gasteiger charge is 2.43. The van der Waals surface area contributed by atoms with E-state index in [4.69, 9.17) is 11.6 Å². The first-order valence-corrected chi connectivity index (χ1v) is 9.38. The van der Waals surface area contributed by atoms with E-state index >= 15 is 0 Å². The van der Waals surface area contributed by atoms with Gasteiger partial charge >= 0.3 is 0 Å². The molecule has 7 heteroatoms. The molecule has 0 radical (unpaired) electrons. The number of hydrogen-bond donors (Lipinski definition) is 0. The van der Waals surface area contributed by atoms with Crippen molar-refractivity contribution in [2.24, 2.45) is 0 Å². The zero-order chi connectivity index (χ0) is 19.0. The van der Waals surface area contributed by atoms with Crippen LogP contribution in [0.25, 0.3) is 0 Å². The number of likely N-dealkylation sites (tertiary alicyclic amines) is 1. The molecule has 2 aliphatic rings. The maximum atomic E-state index is 13.4. The smallest absolute Gasteiger partial charge is 0.251 e. The number of pyridine rings is 1. The number of aromatic nitrogens is 1. The molecular formula is C20H19ClFN3O2. The number of carbonyl (C=O) groups is 2. The zero-order valence-corrected chi connectivity index (χ0v) is 15.4. The van der Waals surface area contributed by atoms with Gasteiger partial charge in [0.25, 0.3) is 5.91 Å². The average Bonchev–Trinajstić information content (AvgIpc) is 2.99. The minimum atomic E-state index is -0.575. The minimum absolute atomic E-state index is 0.102. The van der Waals surface area contributed by atoms with Crippen molar-refractivity contribution in [2.45, 2.75) is 31.2 Å². The van der Waals surface area contributed by atoms with Crippen LogP contribution in [0.3, 0.4) is 0 Å². The Morgan fingerprint density at radius 3 is 2.44 bits per heavy atom. The van der Waals surface area contributed by atoms with E-state index in [0.717, 1.165) is 30.8 Å². The van der Waals surface area contributed by atoms with Crippen molar-refractivity contribution in [2.75, 3.05) is 18.0 Å². The maximum Gasteiger partial charge on any atom is 0.251 e. The van der Waals surface area contributed by atoms with Crippen LogP contribution in [-0.4, -0.2) is 40.8 Å². The number of hydrogen-bond acceptors (Lipinski definition) is 4. The molecule has 2 aliphatic heterocycles. The lowest BCUT2D eigenvalue weighted by Gasteiger charge is -2.34. The number of imide groups is 1. The topological polar surface area (TPSA) is 53.5 Å². The molecule has 0 spiro atoms. The van der Waals surface area contributed by atoms with E-state index in [2.05, 4.69) is 9.88 Å². The second-order valence-corrected chi connectivity index (χ2v) is 7.38. The lowest BCUT2D eigenvalue weighted by atomic mass is 9.89. The quantitative estimate of drug-likeness (QED) is 0.757. The largest absolute Gasteiger partial charge is 0.291 e. The maximum absolute atomic E-state index is 13.4. The van der Waals surface area contributed by atoms with Crippen molar-refractivity contribution in [3.05, 3.63) is 59.1 Å². The van der Waals surface area contributed by atoms with E-state index in [1.165, 1.54) is 23.8 Å². The van der Waals surface area contributed by atoms with Gasteiger partial charge in [0.1, 0.15) is 5.82 Å². The summed E-state index contributed by atoms with van der Waals surface area (Å²) in [5.41, 5.74) is 1.59. The lowest BCUT2D eigenvalue weighted by Crippen LogP contribution is -2.45. The van der Waals surface area contributed by atoms with Gasteiger partial charge in [-0.15, -0.1) is 0 Å². The van der Waals surface area contributed by atoms with Gasteiger partial charge in [-0.25, -0.2) is 9.29 Å². The number of halogens is 2. The molecule has 0 N–H and O–H groups in total. The highest BCUT2D eigenvalue weighted by molar-refractivity contribution is 6.31. The van der Waals surface area contributed by atoms with Gasteiger partial charge in [-0.05, 0) is 67.7 Å². The van der Waals surface area contributed by atoms with Crippen LogP contribution in [0, 0.1) is 5.82 Å². The molecular weight excluding hydrogens is 369 g/mol. The summed E-state index contributed by atoms with van der Waals surface area (Å²) in [6, 6.07) is 7.51. The van der Waals surface area contributed by atoms with Gasteiger partial charge in [0, 0.05) is 12.4 Å². The van der Waals surface area contributed by atoms with Gasteiger partial charge in [-0.3, -0.25) is 19.5 Å². The number of carbonyl (C=O) groups excluding carboxylic acids is 2. The third-order valence-corrected chi connectivity index (χ3v) is 5.72. The Morgan fingerprint density at radius 1 is 1.07 bits per heavy atom. The SMILES string of the molecule is O=C1C[C@H](N2CCC(c3ccncc3)CC2)C(=O)N1c1ccc(F)c(Cl)c1. The van der Waals surface area contributed by atoms with Crippen LogP contribution in [0.5, 0.6) is 0 Å². The summed E-state index contributed by atoms with van der Waals surface area (Å²) in [7, 11) is 0. The van der Waals surface area contributed by atoms with Gasteiger partial charge in [0.15, 0.2) is 0 Å². The van der Waals surface area contributed by atoms with Crippen LogP contribution in [0.15, 0.2) is 42.7 Å². The minimum Gasteiger partial charge on any atom is -0.291 e. The van der Waals surface area contributed by atoms with Crippen LogP contribution in [0.1, 0.15) is 30.7 Å². The van der Waals surface area contributed by atoms with Crippen molar-refractivity contribution >= 4 is 29.1 Å². The Hall–Kier alpha value is -2.31. The van der Waals surface area contributed by atoms with Gasteiger partial charge in [-0.1, -0.05) is 11.6 Å². The lowest BCUT2D eigenvalue weighted by molar-refractivity contribution is -0.123. The van der Waals surface area contributed by atoms with E-state index < -0.39 is 11.9 Å². The molecule has 0 saturated carbocycles. The fourth-order valence-corrected chi connectivity index (χ4v) is 4.15. The van der Waals surface area contributed by atoms with Crippen molar-refractivity contribution in [1.82, 2.24) is 9.88 Å². The molecule has 3 heterocycles. The molecule has 4 rings (SSSR count). The third kappa shape index (κ3) is 3.47. The number of nitrogens with zero attached hydrogens (tertiary/aromatic N) is 3. The van der Waals surface area contributed by atoms with Crippen LogP contribution >= 0.6 is 11.6 Å². The fraction of sp³-hybridized carbons (Fsp3) is 0.350. The first-order valence-electron chi connectivity index (χ1n) is 9.00. The van der Waals surface area contributed by atoms with E-state index in [9.17, 15) is 14.0 Å². The number of anilines is 1. The molecule has 2 amide bonds. The molecule has 1 aromatic heterocycles. The molecule has 2 aromatic rings. The summed E-state index contributed by atoms with van der Waals surface area (Å²) in [5.74, 6) is -0.660. The Balaban J connectivity index is 1.45. The molecule has 1 atom stereocenters. The fourth-order valence-electron chi connectivity index (χ4n) is 3.98. The van der Waals surface area contributed by atoms with Gasteiger partial charge in [0.2, 0.25) is 5.91 Å². The number of piperidine rings is 1. The number of benzene rings is 1. The van der Waals surface area contributed by atoms with E-state index in [0.29, 0.717) is 11.6 Å². The van der Waals surface area contributed by atoms with Crippen LogP contribution < -0.4 is 4.90 Å². The zero-order valence-electron chi connectivity index (χ0n) is 14.6. The molecule has 1 aromatic carbocycles. The van der Waals surface area contributed by atoms with Gasteiger partial charge in [-0.2, -0.15) is 0 Å². The Labute approximate surface area is 161 Å².